The standard InChI is InChI=1S/C24H29F2N5O/c1-16(30-10-4-5-23(30)20-13-18(25)6-7-22(20)26)8-12-31-17(2)21(14-27-31)24(32)28-19-9-11-29(3)15-19/h6-8,12-14,19,23H,1,4-5,9-11,15H2,2-3H3,(H,28,32)/b12-8-/t19-,23+/m0/s1. The highest BCUT2D eigenvalue weighted by Crippen LogP contribution is 2.36. The lowest BCUT2D eigenvalue weighted by Crippen LogP contribution is -2.36. The molecular formula is C24H29F2N5O. The van der Waals surface area contributed by atoms with Crippen LogP contribution < -0.4 is 5.32 Å². The zero-order valence-corrected chi connectivity index (χ0v) is 18.5. The first kappa shape index (κ1) is 22.2. The summed E-state index contributed by atoms with van der Waals surface area (Å²) in [6, 6.07) is 3.46. The van der Waals surface area contributed by atoms with Gasteiger partial charge in [-0.25, -0.2) is 13.5 Å². The number of rotatable bonds is 6. The van der Waals surface area contributed by atoms with Crippen LogP contribution >= 0.6 is 0 Å². The number of carbonyl (C=O) groups excluding carboxylic acids is 1. The fourth-order valence-electron chi connectivity index (χ4n) is 4.57. The van der Waals surface area contributed by atoms with Gasteiger partial charge in [0.05, 0.1) is 23.5 Å². The third kappa shape index (κ3) is 4.60. The van der Waals surface area contributed by atoms with Crippen LogP contribution in [0.3, 0.4) is 0 Å². The first-order valence-corrected chi connectivity index (χ1v) is 11.0. The smallest absolute Gasteiger partial charge is 0.255 e. The van der Waals surface area contributed by atoms with Crippen molar-refractivity contribution in [2.45, 2.75) is 38.3 Å². The van der Waals surface area contributed by atoms with Crippen LogP contribution in [0.25, 0.3) is 6.20 Å². The van der Waals surface area contributed by atoms with Gasteiger partial charge < -0.3 is 15.1 Å². The Bertz CT molecular complexity index is 1050. The summed E-state index contributed by atoms with van der Waals surface area (Å²) in [6.07, 6.45) is 7.65. The van der Waals surface area contributed by atoms with Crippen molar-refractivity contribution in [1.29, 1.82) is 0 Å². The number of likely N-dealkylation sites (tertiary alicyclic amines) is 2. The lowest BCUT2D eigenvalue weighted by atomic mass is 10.0. The lowest BCUT2D eigenvalue weighted by Gasteiger charge is -2.27. The average Bonchev–Trinajstić information content (AvgIpc) is 3.48. The molecule has 170 valence electrons. The molecule has 2 atom stereocenters. The summed E-state index contributed by atoms with van der Waals surface area (Å²) in [5.74, 6) is -0.980. The monoisotopic (exact) mass is 441 g/mol. The minimum Gasteiger partial charge on any atom is -0.365 e. The molecule has 2 fully saturated rings. The molecule has 1 aromatic heterocycles. The normalized spacial score (nSPS) is 21.6. The highest BCUT2D eigenvalue weighted by Gasteiger charge is 2.29. The van der Waals surface area contributed by atoms with Crippen LogP contribution in [-0.4, -0.2) is 58.2 Å². The van der Waals surface area contributed by atoms with Crippen LogP contribution in [0.4, 0.5) is 8.78 Å². The van der Waals surface area contributed by atoms with Crippen molar-refractivity contribution in [3.8, 4) is 0 Å². The summed E-state index contributed by atoms with van der Waals surface area (Å²) in [5.41, 5.74) is 2.30. The number of amides is 1. The van der Waals surface area contributed by atoms with Gasteiger partial charge in [0.2, 0.25) is 0 Å². The zero-order valence-electron chi connectivity index (χ0n) is 18.5. The summed E-state index contributed by atoms with van der Waals surface area (Å²) in [6.45, 7) is 8.51. The van der Waals surface area contributed by atoms with E-state index in [4.69, 9.17) is 0 Å². The summed E-state index contributed by atoms with van der Waals surface area (Å²) in [7, 11) is 2.04. The van der Waals surface area contributed by atoms with Gasteiger partial charge in [-0.2, -0.15) is 5.10 Å². The topological polar surface area (TPSA) is 53.4 Å². The Hall–Kier alpha value is -3.00. The SMILES string of the molecule is C=C(/C=C\n1ncc(C(=O)N[C@H]2CCN(C)C2)c1C)N1CCC[C@@H]1c1cc(F)ccc1F. The second-order valence-corrected chi connectivity index (χ2v) is 8.63. The predicted molar refractivity (Wildman–Crippen MR) is 120 cm³/mol. The maximum absolute atomic E-state index is 14.3. The molecule has 2 aromatic rings. The van der Waals surface area contributed by atoms with Crippen LogP contribution in [0, 0.1) is 18.6 Å². The average molecular weight is 442 g/mol. The van der Waals surface area contributed by atoms with Crippen LogP contribution in [0.15, 0.2) is 42.7 Å². The van der Waals surface area contributed by atoms with E-state index in [1.807, 2.05) is 18.9 Å². The highest BCUT2D eigenvalue weighted by molar-refractivity contribution is 5.95. The first-order valence-electron chi connectivity index (χ1n) is 11.0. The van der Waals surface area contributed by atoms with E-state index in [0.29, 0.717) is 23.4 Å². The van der Waals surface area contributed by atoms with Gasteiger partial charge in [0.15, 0.2) is 0 Å². The van der Waals surface area contributed by atoms with Crippen molar-refractivity contribution < 1.29 is 13.6 Å². The molecule has 4 rings (SSSR count). The quantitative estimate of drug-likeness (QED) is 0.695. The maximum atomic E-state index is 14.3. The molecule has 2 saturated heterocycles. The van der Waals surface area contributed by atoms with Crippen molar-refractivity contribution in [1.82, 2.24) is 24.9 Å². The van der Waals surface area contributed by atoms with Crippen molar-refractivity contribution >= 4 is 12.1 Å². The summed E-state index contributed by atoms with van der Waals surface area (Å²) in [4.78, 5) is 16.8. The van der Waals surface area contributed by atoms with Gasteiger partial charge in [0.1, 0.15) is 11.6 Å². The van der Waals surface area contributed by atoms with Gasteiger partial charge in [-0.1, -0.05) is 6.58 Å². The van der Waals surface area contributed by atoms with Gasteiger partial charge in [-0.3, -0.25) is 4.79 Å². The predicted octanol–water partition coefficient (Wildman–Crippen LogP) is 3.73. The van der Waals surface area contributed by atoms with Gasteiger partial charge in [0, 0.05) is 36.6 Å². The number of carbonyl (C=O) groups is 1. The number of nitrogens with one attached hydrogen (secondary N) is 1. The Kier molecular flexibility index (Phi) is 6.41. The van der Waals surface area contributed by atoms with Gasteiger partial charge >= 0.3 is 0 Å². The molecule has 0 saturated carbocycles. The maximum Gasteiger partial charge on any atom is 0.255 e. The third-order valence-corrected chi connectivity index (χ3v) is 6.36. The van der Waals surface area contributed by atoms with Crippen molar-refractivity contribution in [2.75, 3.05) is 26.7 Å². The molecule has 2 aliphatic rings. The van der Waals surface area contributed by atoms with Crippen molar-refractivity contribution in [2.24, 2.45) is 0 Å². The second-order valence-electron chi connectivity index (χ2n) is 8.63. The van der Waals surface area contributed by atoms with E-state index in [2.05, 4.69) is 21.9 Å². The Balaban J connectivity index is 1.44. The number of likely N-dealkylation sites (N-methyl/N-ethyl adjacent to an activating group) is 1. The molecule has 1 amide bonds. The second kappa shape index (κ2) is 9.24. The fourth-order valence-corrected chi connectivity index (χ4v) is 4.57. The Morgan fingerprint density at radius 3 is 2.84 bits per heavy atom. The largest absolute Gasteiger partial charge is 0.365 e. The molecule has 1 N–H and O–H groups in total. The van der Waals surface area contributed by atoms with Crippen molar-refractivity contribution in [3.63, 3.8) is 0 Å². The van der Waals surface area contributed by atoms with Gasteiger partial charge in [-0.15, -0.1) is 0 Å². The number of benzene rings is 1. The minimum absolute atomic E-state index is 0.123. The first-order chi connectivity index (χ1) is 15.3. The van der Waals surface area contributed by atoms with Gasteiger partial charge in [0.25, 0.3) is 5.91 Å². The Morgan fingerprint density at radius 2 is 2.09 bits per heavy atom. The van der Waals surface area contributed by atoms with E-state index in [9.17, 15) is 13.6 Å². The molecule has 2 aliphatic heterocycles. The molecule has 32 heavy (non-hydrogen) atoms. The lowest BCUT2D eigenvalue weighted by molar-refractivity contribution is 0.0938. The van der Waals surface area contributed by atoms with Crippen molar-refractivity contribution in [3.05, 3.63) is 71.2 Å². The Morgan fingerprint density at radius 1 is 1.28 bits per heavy atom. The molecule has 6 nitrogen and oxygen atoms in total. The molecule has 3 heterocycles. The molecule has 0 bridgehead atoms. The van der Waals surface area contributed by atoms with Gasteiger partial charge in [-0.05, 0) is 64.1 Å². The van der Waals surface area contributed by atoms with Crippen LogP contribution in [-0.2, 0) is 0 Å². The van der Waals surface area contributed by atoms with Crippen LogP contribution in [0.2, 0.25) is 0 Å². The zero-order chi connectivity index (χ0) is 22.8. The van der Waals surface area contributed by atoms with E-state index in [1.54, 1.807) is 23.2 Å². The molecule has 1 aromatic carbocycles. The summed E-state index contributed by atoms with van der Waals surface area (Å²) in [5, 5.41) is 7.39. The van der Waals surface area contributed by atoms with E-state index in [0.717, 1.165) is 44.1 Å². The number of hydrogen-bond acceptors (Lipinski definition) is 4. The molecule has 0 spiro atoms. The van der Waals surface area contributed by atoms with E-state index in [-0.39, 0.29) is 18.0 Å². The summed E-state index contributed by atoms with van der Waals surface area (Å²) >= 11 is 0. The minimum atomic E-state index is -0.448. The summed E-state index contributed by atoms with van der Waals surface area (Å²) < 4.78 is 29.6. The Labute approximate surface area is 187 Å². The highest BCUT2D eigenvalue weighted by atomic mass is 19.1. The number of halogens is 2. The number of hydrogen-bond donors (Lipinski definition) is 1. The number of allylic oxidation sites excluding steroid dienone is 1. The van der Waals surface area contributed by atoms with E-state index >= 15 is 0 Å². The molecule has 0 radical (unpaired) electrons. The molecule has 8 heteroatoms. The van der Waals surface area contributed by atoms with E-state index < -0.39 is 11.6 Å². The molecule has 0 unspecified atom stereocenters. The molecular weight excluding hydrogens is 412 g/mol. The van der Waals surface area contributed by atoms with Crippen LogP contribution in [0.1, 0.15) is 46.9 Å². The number of nitrogens with zero attached hydrogens (tertiary/aromatic N) is 4. The third-order valence-electron chi connectivity index (χ3n) is 6.36. The van der Waals surface area contributed by atoms with E-state index in [1.165, 1.54) is 12.1 Å². The van der Waals surface area contributed by atoms with Crippen LogP contribution in [0.5, 0.6) is 0 Å². The fraction of sp³-hybridized carbons (Fsp3) is 0.417. The molecule has 0 aliphatic carbocycles. The number of aromatic nitrogens is 2.